The Kier molecular flexibility index (Phi) is 9.47. The number of nitrogens with one attached hydrogen (secondary N) is 1. The van der Waals surface area contributed by atoms with Crippen molar-refractivity contribution in [2.75, 3.05) is 39.3 Å². The molecule has 1 aliphatic rings. The summed E-state index contributed by atoms with van der Waals surface area (Å²) in [6.07, 6.45) is 0. The third-order valence-electron chi connectivity index (χ3n) is 5.08. The lowest BCUT2D eigenvalue weighted by Gasteiger charge is -2.36. The predicted octanol–water partition coefficient (Wildman–Crippen LogP) is 3.77. The second kappa shape index (κ2) is 11.6. The van der Waals surface area contributed by atoms with Gasteiger partial charge in [-0.15, -0.1) is 24.0 Å². The van der Waals surface area contributed by atoms with Gasteiger partial charge in [-0.1, -0.05) is 18.1 Å². The first-order chi connectivity index (χ1) is 14.0. The molecule has 0 spiro atoms. The highest BCUT2D eigenvalue weighted by Crippen LogP contribution is 2.20. The number of guanidine groups is 1. The summed E-state index contributed by atoms with van der Waals surface area (Å²) < 4.78 is 32.3. The third-order valence-corrected chi connectivity index (χ3v) is 5.08. The van der Waals surface area contributed by atoms with Gasteiger partial charge in [0.25, 0.3) is 0 Å². The molecule has 166 valence electrons. The molecule has 9 heteroatoms. The molecular weight excluding hydrogens is 503 g/mol. The van der Waals surface area contributed by atoms with Crippen LogP contribution < -0.4 is 5.32 Å². The fourth-order valence-electron chi connectivity index (χ4n) is 3.49. The maximum atomic E-state index is 14.0. The van der Waals surface area contributed by atoms with Crippen LogP contribution in [0, 0.1) is 18.6 Å². The van der Waals surface area contributed by atoms with Gasteiger partial charge in [0, 0.05) is 63.9 Å². The number of aromatic nitrogens is 1. The molecule has 1 aromatic carbocycles. The van der Waals surface area contributed by atoms with Crippen molar-refractivity contribution in [2.24, 2.45) is 4.99 Å². The van der Waals surface area contributed by atoms with E-state index in [-0.39, 0.29) is 29.9 Å². The number of nitrogens with zero attached hydrogens (tertiary/aromatic N) is 4. The summed E-state index contributed by atoms with van der Waals surface area (Å²) in [6, 6.07) is 5.69. The number of rotatable bonds is 6. The Morgan fingerprint density at radius 1 is 1.23 bits per heavy atom. The van der Waals surface area contributed by atoms with Gasteiger partial charge in [0.2, 0.25) is 0 Å². The monoisotopic (exact) mass is 533 g/mol. The Hall–Kier alpha value is -1.75. The third kappa shape index (κ3) is 6.63. The van der Waals surface area contributed by atoms with Gasteiger partial charge in [-0.3, -0.25) is 9.89 Å². The summed E-state index contributed by atoms with van der Waals surface area (Å²) in [5.74, 6) is 0.440. The van der Waals surface area contributed by atoms with Crippen LogP contribution in [0.4, 0.5) is 8.78 Å². The number of aliphatic imine (C=N–C) groups is 1. The second-order valence-electron chi connectivity index (χ2n) is 7.45. The lowest BCUT2D eigenvalue weighted by molar-refractivity contribution is 0.169. The Labute approximate surface area is 193 Å². The topological polar surface area (TPSA) is 56.9 Å². The van der Waals surface area contributed by atoms with Gasteiger partial charge in [0.1, 0.15) is 17.4 Å². The summed E-state index contributed by atoms with van der Waals surface area (Å²) in [4.78, 5) is 9.28. The zero-order chi connectivity index (χ0) is 20.8. The highest BCUT2D eigenvalue weighted by molar-refractivity contribution is 14.0. The quantitative estimate of drug-likeness (QED) is 0.348. The first kappa shape index (κ1) is 24.5. The fourth-order valence-corrected chi connectivity index (χ4v) is 3.49. The van der Waals surface area contributed by atoms with Gasteiger partial charge >= 0.3 is 0 Å². The largest absolute Gasteiger partial charge is 0.361 e. The van der Waals surface area contributed by atoms with Crippen LogP contribution in [0.1, 0.15) is 36.8 Å². The molecule has 0 amide bonds. The van der Waals surface area contributed by atoms with Crippen molar-refractivity contribution in [3.8, 4) is 0 Å². The summed E-state index contributed by atoms with van der Waals surface area (Å²) in [5.41, 5.74) is 1.44. The summed E-state index contributed by atoms with van der Waals surface area (Å²) in [6.45, 7) is 11.3. The molecule has 1 fully saturated rings. The smallest absolute Gasteiger partial charge is 0.194 e. The lowest BCUT2D eigenvalue weighted by Crippen LogP contribution is -2.52. The molecule has 3 rings (SSSR count). The molecule has 1 aromatic heterocycles. The maximum absolute atomic E-state index is 14.0. The molecule has 0 aliphatic carbocycles. The van der Waals surface area contributed by atoms with Gasteiger partial charge in [0.15, 0.2) is 5.96 Å². The predicted molar refractivity (Wildman–Crippen MR) is 124 cm³/mol. The van der Waals surface area contributed by atoms with E-state index in [1.807, 2.05) is 26.8 Å². The number of hydrogen-bond acceptors (Lipinski definition) is 4. The van der Waals surface area contributed by atoms with E-state index < -0.39 is 11.6 Å². The Morgan fingerprint density at radius 2 is 1.97 bits per heavy atom. The van der Waals surface area contributed by atoms with E-state index >= 15 is 0 Å². The fraction of sp³-hybridized carbons (Fsp3) is 0.524. The first-order valence-electron chi connectivity index (χ1n) is 10.1. The Bertz CT molecular complexity index is 837. The van der Waals surface area contributed by atoms with Crippen molar-refractivity contribution in [1.29, 1.82) is 0 Å². The molecule has 2 aromatic rings. The standard InChI is InChI=1S/C21H29F2N5O.HI/c1-4-24-21(25-13-15(2)19-6-5-17(22)12-20(19)23)28-9-7-27(8-10-28)14-18-11-16(3)29-26-18;/h5-6,11-12,15H,4,7-10,13-14H2,1-3H3,(H,24,25);1H. The van der Waals surface area contributed by atoms with Gasteiger partial charge in [-0.05, 0) is 25.5 Å². The van der Waals surface area contributed by atoms with Crippen LogP contribution in [-0.2, 0) is 6.54 Å². The molecule has 6 nitrogen and oxygen atoms in total. The Balaban J connectivity index is 0.00000320. The molecule has 1 N–H and O–H groups in total. The van der Waals surface area contributed by atoms with Crippen LogP contribution in [0.3, 0.4) is 0 Å². The van der Waals surface area contributed by atoms with Crippen molar-refractivity contribution in [3.05, 3.63) is 52.9 Å². The van der Waals surface area contributed by atoms with Crippen molar-refractivity contribution >= 4 is 29.9 Å². The molecule has 2 heterocycles. The Morgan fingerprint density at radius 3 is 2.57 bits per heavy atom. The highest BCUT2D eigenvalue weighted by atomic mass is 127. The van der Waals surface area contributed by atoms with E-state index in [0.29, 0.717) is 12.1 Å². The van der Waals surface area contributed by atoms with Gasteiger partial charge in [0.05, 0.1) is 5.69 Å². The van der Waals surface area contributed by atoms with E-state index in [2.05, 4.69) is 20.3 Å². The highest BCUT2D eigenvalue weighted by Gasteiger charge is 2.21. The molecular formula is C21H30F2IN5O. The van der Waals surface area contributed by atoms with Gasteiger partial charge in [-0.25, -0.2) is 8.78 Å². The zero-order valence-corrected chi connectivity index (χ0v) is 20.0. The normalized spacial score (nSPS) is 16.3. The molecule has 0 saturated carbocycles. The first-order valence-corrected chi connectivity index (χ1v) is 10.1. The zero-order valence-electron chi connectivity index (χ0n) is 17.7. The van der Waals surface area contributed by atoms with Crippen LogP contribution >= 0.6 is 24.0 Å². The maximum Gasteiger partial charge on any atom is 0.194 e. The van der Waals surface area contributed by atoms with Crippen LogP contribution in [0.15, 0.2) is 33.8 Å². The average molecular weight is 533 g/mol. The van der Waals surface area contributed by atoms with Crippen LogP contribution in [0.25, 0.3) is 0 Å². The summed E-state index contributed by atoms with van der Waals surface area (Å²) in [7, 11) is 0. The number of hydrogen-bond donors (Lipinski definition) is 1. The van der Waals surface area contributed by atoms with Crippen molar-refractivity contribution in [1.82, 2.24) is 20.3 Å². The number of piperazine rings is 1. The molecule has 1 aliphatic heterocycles. The van der Waals surface area contributed by atoms with E-state index in [4.69, 9.17) is 9.52 Å². The van der Waals surface area contributed by atoms with Crippen molar-refractivity contribution in [2.45, 2.75) is 33.2 Å². The molecule has 0 radical (unpaired) electrons. The molecule has 1 atom stereocenters. The van der Waals surface area contributed by atoms with Gasteiger partial charge in [-0.2, -0.15) is 0 Å². The number of aryl methyl sites for hydroxylation is 1. The second-order valence-corrected chi connectivity index (χ2v) is 7.45. The summed E-state index contributed by atoms with van der Waals surface area (Å²) >= 11 is 0. The van der Waals surface area contributed by atoms with Crippen molar-refractivity contribution in [3.63, 3.8) is 0 Å². The van der Waals surface area contributed by atoms with Crippen LogP contribution in [0.5, 0.6) is 0 Å². The van der Waals surface area contributed by atoms with E-state index in [9.17, 15) is 8.78 Å². The number of benzene rings is 1. The minimum atomic E-state index is -0.561. The van der Waals surface area contributed by atoms with Crippen molar-refractivity contribution < 1.29 is 13.3 Å². The molecule has 0 bridgehead atoms. The van der Waals surface area contributed by atoms with Crippen LogP contribution in [-0.4, -0.2) is 60.2 Å². The average Bonchev–Trinajstić information content (AvgIpc) is 3.10. The van der Waals surface area contributed by atoms with E-state index in [0.717, 1.165) is 62.7 Å². The SMILES string of the molecule is CCNC(=NCC(C)c1ccc(F)cc1F)N1CCN(Cc2cc(C)on2)CC1.I. The molecule has 1 unspecified atom stereocenters. The van der Waals surface area contributed by atoms with Gasteiger partial charge < -0.3 is 14.7 Å². The minimum Gasteiger partial charge on any atom is -0.361 e. The molecule has 1 saturated heterocycles. The number of halogens is 3. The summed E-state index contributed by atoms with van der Waals surface area (Å²) in [5, 5.41) is 7.39. The minimum absolute atomic E-state index is 0. The van der Waals surface area contributed by atoms with E-state index in [1.54, 1.807) is 0 Å². The molecule has 30 heavy (non-hydrogen) atoms. The van der Waals surface area contributed by atoms with Crippen LogP contribution in [0.2, 0.25) is 0 Å². The van der Waals surface area contributed by atoms with E-state index in [1.165, 1.54) is 12.1 Å². The lowest BCUT2D eigenvalue weighted by atomic mass is 10.0.